The maximum Gasteiger partial charge on any atom is 0.262 e. The molecule has 1 aliphatic heterocycles. The van der Waals surface area contributed by atoms with Crippen LogP contribution < -0.4 is 5.56 Å². The minimum absolute atomic E-state index is 0.154. The Morgan fingerprint density at radius 1 is 1.43 bits per heavy atom. The molecule has 1 aromatic heterocycles. The summed E-state index contributed by atoms with van der Waals surface area (Å²) in [6, 6.07) is 7.67. The summed E-state index contributed by atoms with van der Waals surface area (Å²) in [5, 5.41) is 10.4. The minimum Gasteiger partial charge on any atom is -0.494 e. The van der Waals surface area contributed by atoms with Gasteiger partial charge in [-0.25, -0.2) is 0 Å². The molecular weight excluding hydrogens is 310 g/mol. The summed E-state index contributed by atoms with van der Waals surface area (Å²) in [5.41, 5.74) is 3.11. The van der Waals surface area contributed by atoms with Gasteiger partial charge in [0.05, 0.1) is 5.69 Å². The fourth-order valence-corrected chi connectivity index (χ4v) is 2.82. The number of fused-ring (bicyclic) bond motifs is 1. The van der Waals surface area contributed by atoms with E-state index in [1.54, 1.807) is 12.2 Å². The Morgan fingerprint density at radius 3 is 2.91 bits per heavy atom. The number of benzene rings is 1. The van der Waals surface area contributed by atoms with Crippen molar-refractivity contribution in [1.29, 1.82) is 0 Å². The van der Waals surface area contributed by atoms with E-state index in [1.165, 1.54) is 4.57 Å². The molecule has 1 aliphatic rings. The smallest absolute Gasteiger partial charge is 0.262 e. The highest BCUT2D eigenvalue weighted by molar-refractivity contribution is 7.71. The lowest BCUT2D eigenvalue weighted by molar-refractivity contribution is 0.413. The molecule has 2 heterocycles. The average Bonchev–Trinajstić information content (AvgIpc) is 2.83. The van der Waals surface area contributed by atoms with Crippen LogP contribution in [0.3, 0.4) is 0 Å². The molecule has 0 atom stereocenters. The maximum atomic E-state index is 12.2. The Balaban J connectivity index is 2.23. The molecular formula is C17H15N3O2S. The average molecular weight is 325 g/mol. The van der Waals surface area contributed by atoms with E-state index in [1.807, 2.05) is 31.2 Å². The van der Waals surface area contributed by atoms with Gasteiger partial charge in [0, 0.05) is 23.4 Å². The minimum atomic E-state index is -0.433. The van der Waals surface area contributed by atoms with E-state index in [9.17, 15) is 9.90 Å². The third kappa shape index (κ3) is 2.57. The molecule has 0 bridgehead atoms. The van der Waals surface area contributed by atoms with E-state index in [4.69, 9.17) is 12.2 Å². The largest absolute Gasteiger partial charge is 0.494 e. The van der Waals surface area contributed by atoms with E-state index >= 15 is 0 Å². The number of aromatic amines is 1. The van der Waals surface area contributed by atoms with Crippen LogP contribution >= 0.6 is 12.2 Å². The van der Waals surface area contributed by atoms with E-state index < -0.39 is 5.56 Å². The topological polar surface area (TPSA) is 70.4 Å². The standard InChI is InChI=1S/C17H15N3O2S/c1-3-8-20-16(22)13(15(21)19-17(20)23)9-12-10(2)18-14-7-5-4-6-11(12)14/h3-7,9,22H,1,8H2,2H3,(H,19,21,23). The van der Waals surface area contributed by atoms with Crippen LogP contribution in [0.25, 0.3) is 11.6 Å². The van der Waals surface area contributed by atoms with Crippen LogP contribution in [0.15, 0.2) is 46.7 Å². The van der Waals surface area contributed by atoms with Gasteiger partial charge >= 0.3 is 0 Å². The summed E-state index contributed by atoms with van der Waals surface area (Å²) >= 11 is 5.08. The second kappa shape index (κ2) is 5.81. The number of aromatic hydroxyl groups is 1. The zero-order chi connectivity index (χ0) is 16.6. The predicted octanol–water partition coefficient (Wildman–Crippen LogP) is 3.44. The molecule has 0 fully saturated rings. The molecule has 0 radical (unpaired) electrons. The normalized spacial score (nSPS) is 14.7. The lowest BCUT2D eigenvalue weighted by atomic mass is 10.0. The van der Waals surface area contributed by atoms with Gasteiger partial charge < -0.3 is 5.11 Å². The summed E-state index contributed by atoms with van der Waals surface area (Å²) in [6.07, 6.45) is 3.25. The summed E-state index contributed by atoms with van der Waals surface area (Å²) < 4.78 is 1.58. The fraction of sp³-hybridized carbons (Fsp3) is 0.118. The highest BCUT2D eigenvalue weighted by Crippen LogP contribution is 2.35. The number of nitrogens with one attached hydrogen (secondary N) is 1. The molecule has 5 nitrogen and oxygen atoms in total. The Kier molecular flexibility index (Phi) is 3.83. The second-order valence-corrected chi connectivity index (χ2v) is 5.55. The molecule has 0 amide bonds. The van der Waals surface area contributed by atoms with Crippen LogP contribution in [-0.4, -0.2) is 20.4 Å². The summed E-state index contributed by atoms with van der Waals surface area (Å²) in [7, 11) is 0. The highest BCUT2D eigenvalue weighted by atomic mass is 32.1. The molecule has 23 heavy (non-hydrogen) atoms. The zero-order valence-electron chi connectivity index (χ0n) is 12.5. The number of rotatable bonds is 3. The number of H-pyrrole nitrogens is 1. The molecule has 2 aromatic rings. The second-order valence-electron chi connectivity index (χ2n) is 5.17. The van der Waals surface area contributed by atoms with Crippen molar-refractivity contribution in [2.75, 3.05) is 0 Å². The van der Waals surface area contributed by atoms with E-state index in [2.05, 4.69) is 16.6 Å². The SMILES string of the molecule is C=CCn1c(O)c(C=C2C(C)=Nc3ccccc32)c(=O)[nH]c1=S. The van der Waals surface area contributed by atoms with E-state index in [-0.39, 0.29) is 16.2 Å². The van der Waals surface area contributed by atoms with Gasteiger partial charge in [0.1, 0.15) is 5.56 Å². The molecule has 116 valence electrons. The molecule has 3 rings (SSSR count). The molecule has 2 N–H and O–H groups in total. The number of hydrogen-bond acceptors (Lipinski definition) is 4. The van der Waals surface area contributed by atoms with Gasteiger partial charge in [0.25, 0.3) is 5.56 Å². The third-order valence-corrected chi connectivity index (χ3v) is 4.00. The van der Waals surface area contributed by atoms with Crippen molar-refractivity contribution < 1.29 is 5.11 Å². The summed E-state index contributed by atoms with van der Waals surface area (Å²) in [5.74, 6) is -0.177. The summed E-state index contributed by atoms with van der Waals surface area (Å²) in [4.78, 5) is 19.3. The van der Waals surface area contributed by atoms with Gasteiger partial charge in [-0.05, 0) is 31.3 Å². The Morgan fingerprint density at radius 2 is 2.17 bits per heavy atom. The predicted molar refractivity (Wildman–Crippen MR) is 94.8 cm³/mol. The van der Waals surface area contributed by atoms with E-state index in [0.717, 1.165) is 22.5 Å². The van der Waals surface area contributed by atoms with Crippen LogP contribution in [0.1, 0.15) is 18.1 Å². The lowest BCUT2D eigenvalue weighted by Crippen LogP contribution is -2.16. The quantitative estimate of drug-likeness (QED) is 0.671. The Labute approximate surface area is 138 Å². The lowest BCUT2D eigenvalue weighted by Gasteiger charge is -2.10. The molecule has 0 aliphatic carbocycles. The van der Waals surface area contributed by atoms with Gasteiger partial charge in [-0.3, -0.25) is 19.3 Å². The molecule has 1 aromatic carbocycles. The van der Waals surface area contributed by atoms with Gasteiger partial charge in [-0.1, -0.05) is 24.3 Å². The van der Waals surface area contributed by atoms with Crippen molar-refractivity contribution in [1.82, 2.24) is 9.55 Å². The highest BCUT2D eigenvalue weighted by Gasteiger charge is 2.19. The van der Waals surface area contributed by atoms with Crippen molar-refractivity contribution in [2.24, 2.45) is 4.99 Å². The van der Waals surface area contributed by atoms with Crippen LogP contribution in [0.4, 0.5) is 5.69 Å². The molecule has 6 heteroatoms. The Bertz CT molecular complexity index is 980. The maximum absolute atomic E-state index is 12.2. The van der Waals surface area contributed by atoms with Crippen LogP contribution in [0.2, 0.25) is 0 Å². The first-order valence-corrected chi connectivity index (χ1v) is 7.47. The van der Waals surface area contributed by atoms with Crippen molar-refractivity contribution in [3.05, 3.63) is 63.2 Å². The zero-order valence-corrected chi connectivity index (χ0v) is 13.4. The number of nitrogens with zero attached hydrogens (tertiary/aromatic N) is 2. The Hall–Kier alpha value is -2.73. The molecule has 0 saturated heterocycles. The first-order valence-electron chi connectivity index (χ1n) is 7.06. The van der Waals surface area contributed by atoms with Crippen LogP contribution in [-0.2, 0) is 6.54 Å². The number of aliphatic imine (C=N–C) groups is 1. The number of hydrogen-bond donors (Lipinski definition) is 2. The van der Waals surface area contributed by atoms with Crippen molar-refractivity contribution in [3.63, 3.8) is 0 Å². The summed E-state index contributed by atoms with van der Waals surface area (Å²) in [6.45, 7) is 5.81. The van der Waals surface area contributed by atoms with Crippen molar-refractivity contribution in [3.8, 4) is 5.88 Å². The van der Waals surface area contributed by atoms with Gasteiger partial charge in [-0.15, -0.1) is 6.58 Å². The first kappa shape index (κ1) is 15.2. The van der Waals surface area contributed by atoms with Crippen LogP contribution in [0, 0.1) is 4.77 Å². The van der Waals surface area contributed by atoms with E-state index in [0.29, 0.717) is 6.54 Å². The molecule has 0 unspecified atom stereocenters. The third-order valence-electron chi connectivity index (χ3n) is 3.68. The number of allylic oxidation sites excluding steroid dienone is 2. The number of para-hydroxylation sites is 1. The molecule has 0 spiro atoms. The van der Waals surface area contributed by atoms with Crippen molar-refractivity contribution >= 4 is 35.3 Å². The molecule has 0 saturated carbocycles. The van der Waals surface area contributed by atoms with Crippen LogP contribution in [0.5, 0.6) is 5.88 Å². The number of aromatic nitrogens is 2. The van der Waals surface area contributed by atoms with Gasteiger partial charge in [0.15, 0.2) is 4.77 Å². The van der Waals surface area contributed by atoms with Crippen molar-refractivity contribution in [2.45, 2.75) is 13.5 Å². The fourth-order valence-electron chi connectivity index (χ4n) is 2.56. The first-order chi connectivity index (χ1) is 11.0. The monoisotopic (exact) mass is 325 g/mol. The van der Waals surface area contributed by atoms with Gasteiger partial charge in [0.2, 0.25) is 5.88 Å². The van der Waals surface area contributed by atoms with Gasteiger partial charge in [-0.2, -0.15) is 0 Å².